The summed E-state index contributed by atoms with van der Waals surface area (Å²) in [5, 5.41) is 0. The molecule has 0 aromatic carbocycles. The maximum Gasteiger partial charge on any atom is 0.405 e. The number of rotatable bonds is 6. The fourth-order valence-electron chi connectivity index (χ4n) is 2.10. The summed E-state index contributed by atoms with van der Waals surface area (Å²) in [5.74, 6) is 0.454. The first kappa shape index (κ1) is 13.8. The van der Waals surface area contributed by atoms with Crippen LogP contribution in [0.4, 0.5) is 13.2 Å². The quantitative estimate of drug-likeness (QED) is 0.770. The molecule has 0 aromatic rings. The van der Waals surface area contributed by atoms with Crippen LogP contribution in [0.15, 0.2) is 0 Å². The van der Waals surface area contributed by atoms with E-state index in [9.17, 15) is 13.2 Å². The molecule has 0 aliphatic heterocycles. The van der Waals surface area contributed by atoms with Crippen LogP contribution >= 0.6 is 0 Å². The van der Waals surface area contributed by atoms with E-state index >= 15 is 0 Å². The first-order chi connectivity index (χ1) is 7.36. The van der Waals surface area contributed by atoms with Gasteiger partial charge in [-0.15, -0.1) is 0 Å². The molecule has 96 valence electrons. The van der Waals surface area contributed by atoms with Gasteiger partial charge >= 0.3 is 6.18 Å². The monoisotopic (exact) mass is 238 g/mol. The van der Waals surface area contributed by atoms with Crippen LogP contribution in [0.1, 0.15) is 33.1 Å². The zero-order chi connectivity index (χ0) is 12.3. The molecule has 0 amide bonds. The van der Waals surface area contributed by atoms with E-state index in [1.54, 1.807) is 0 Å². The molecule has 5 heteroatoms. The van der Waals surface area contributed by atoms with Crippen molar-refractivity contribution < 1.29 is 13.2 Å². The molecule has 2 N–H and O–H groups in total. The lowest BCUT2D eigenvalue weighted by atomic mass is 10.1. The van der Waals surface area contributed by atoms with Crippen LogP contribution in [0.5, 0.6) is 0 Å². The standard InChI is InChI=1S/C11H21F3N2/c1-3-6-16(7-9-4-5-9)10(8(2)15)11(12,13)14/h8-10H,3-7,15H2,1-2H3. The molecule has 0 bridgehead atoms. The van der Waals surface area contributed by atoms with E-state index in [1.807, 2.05) is 6.92 Å². The fourth-order valence-corrected chi connectivity index (χ4v) is 2.10. The Morgan fingerprint density at radius 2 is 1.94 bits per heavy atom. The van der Waals surface area contributed by atoms with Crippen molar-refractivity contribution in [3.8, 4) is 0 Å². The van der Waals surface area contributed by atoms with Gasteiger partial charge in [-0.1, -0.05) is 6.92 Å². The second kappa shape index (κ2) is 5.36. The minimum Gasteiger partial charge on any atom is -0.326 e. The van der Waals surface area contributed by atoms with Crippen LogP contribution < -0.4 is 5.73 Å². The molecule has 2 nitrogen and oxygen atoms in total. The van der Waals surface area contributed by atoms with Gasteiger partial charge in [0.2, 0.25) is 0 Å². The number of hydrogen-bond acceptors (Lipinski definition) is 2. The van der Waals surface area contributed by atoms with E-state index in [0.29, 0.717) is 19.0 Å². The van der Waals surface area contributed by atoms with Gasteiger partial charge in [-0.2, -0.15) is 13.2 Å². The number of alkyl halides is 3. The molecule has 2 unspecified atom stereocenters. The summed E-state index contributed by atoms with van der Waals surface area (Å²) < 4.78 is 38.7. The molecule has 2 atom stereocenters. The summed E-state index contributed by atoms with van der Waals surface area (Å²) in [6.45, 7) is 4.35. The van der Waals surface area contributed by atoms with Crippen molar-refractivity contribution in [1.29, 1.82) is 0 Å². The van der Waals surface area contributed by atoms with E-state index in [4.69, 9.17) is 5.73 Å². The Balaban J connectivity index is 2.68. The average Bonchev–Trinajstić information content (AvgIpc) is 2.84. The Morgan fingerprint density at radius 3 is 2.25 bits per heavy atom. The topological polar surface area (TPSA) is 29.3 Å². The minimum absolute atomic E-state index is 0.454. The first-order valence-electron chi connectivity index (χ1n) is 5.92. The summed E-state index contributed by atoms with van der Waals surface area (Å²) >= 11 is 0. The van der Waals surface area contributed by atoms with Gasteiger partial charge in [0.05, 0.1) is 0 Å². The zero-order valence-electron chi connectivity index (χ0n) is 9.93. The van der Waals surface area contributed by atoms with Crippen molar-refractivity contribution in [2.24, 2.45) is 11.7 Å². The van der Waals surface area contributed by atoms with Gasteiger partial charge in [-0.25, -0.2) is 0 Å². The second-order valence-electron chi connectivity index (χ2n) is 4.78. The van der Waals surface area contributed by atoms with E-state index in [0.717, 1.165) is 19.3 Å². The van der Waals surface area contributed by atoms with Crippen molar-refractivity contribution in [2.45, 2.75) is 51.4 Å². The largest absolute Gasteiger partial charge is 0.405 e. The molecule has 1 aliphatic carbocycles. The lowest BCUT2D eigenvalue weighted by Gasteiger charge is -2.35. The molecule has 0 heterocycles. The Bertz CT molecular complexity index is 212. The minimum atomic E-state index is -4.22. The van der Waals surface area contributed by atoms with Crippen molar-refractivity contribution in [3.63, 3.8) is 0 Å². The van der Waals surface area contributed by atoms with Gasteiger partial charge in [0.15, 0.2) is 0 Å². The molecule has 1 rings (SSSR count). The molecule has 1 fully saturated rings. The maximum atomic E-state index is 12.9. The summed E-state index contributed by atoms with van der Waals surface area (Å²) in [6.07, 6.45) is -1.38. The highest BCUT2D eigenvalue weighted by molar-refractivity contribution is 4.89. The molecular formula is C11H21F3N2. The number of hydrogen-bond donors (Lipinski definition) is 1. The zero-order valence-corrected chi connectivity index (χ0v) is 9.93. The Labute approximate surface area is 95.0 Å². The third kappa shape index (κ3) is 3.94. The molecule has 1 aliphatic rings. The van der Waals surface area contributed by atoms with Crippen molar-refractivity contribution in [3.05, 3.63) is 0 Å². The van der Waals surface area contributed by atoms with Gasteiger partial charge < -0.3 is 5.73 Å². The summed E-state index contributed by atoms with van der Waals surface area (Å²) in [7, 11) is 0. The van der Waals surface area contributed by atoms with Crippen LogP contribution in [-0.2, 0) is 0 Å². The lowest BCUT2D eigenvalue weighted by Crippen LogP contribution is -2.55. The molecular weight excluding hydrogens is 217 g/mol. The lowest BCUT2D eigenvalue weighted by molar-refractivity contribution is -0.188. The molecule has 16 heavy (non-hydrogen) atoms. The molecule has 0 spiro atoms. The predicted octanol–water partition coefficient (Wildman–Crippen LogP) is 2.39. The van der Waals surface area contributed by atoms with Gasteiger partial charge in [-0.3, -0.25) is 4.90 Å². The van der Waals surface area contributed by atoms with Crippen molar-refractivity contribution >= 4 is 0 Å². The third-order valence-electron chi connectivity index (χ3n) is 2.93. The SMILES string of the molecule is CCCN(CC1CC1)C(C(C)N)C(F)(F)F. The highest BCUT2D eigenvalue weighted by Gasteiger charge is 2.46. The van der Waals surface area contributed by atoms with Crippen molar-refractivity contribution in [1.82, 2.24) is 4.90 Å². The van der Waals surface area contributed by atoms with E-state index in [2.05, 4.69) is 0 Å². The van der Waals surface area contributed by atoms with Crippen LogP contribution in [-0.4, -0.2) is 36.2 Å². The van der Waals surface area contributed by atoms with Crippen LogP contribution in [0, 0.1) is 5.92 Å². The van der Waals surface area contributed by atoms with E-state index < -0.39 is 18.3 Å². The van der Waals surface area contributed by atoms with Gasteiger partial charge in [0.25, 0.3) is 0 Å². The summed E-state index contributed by atoms with van der Waals surface area (Å²) in [4.78, 5) is 1.52. The number of nitrogens with zero attached hydrogens (tertiary/aromatic N) is 1. The van der Waals surface area contributed by atoms with E-state index in [-0.39, 0.29) is 0 Å². The van der Waals surface area contributed by atoms with E-state index in [1.165, 1.54) is 11.8 Å². The molecule has 1 saturated carbocycles. The van der Waals surface area contributed by atoms with Gasteiger partial charge in [0.1, 0.15) is 6.04 Å². The number of halogens is 3. The summed E-state index contributed by atoms with van der Waals surface area (Å²) in [5.41, 5.74) is 5.49. The molecule has 0 aromatic heterocycles. The Morgan fingerprint density at radius 1 is 1.38 bits per heavy atom. The van der Waals surface area contributed by atoms with Crippen molar-refractivity contribution in [2.75, 3.05) is 13.1 Å². The highest BCUT2D eigenvalue weighted by Crippen LogP contribution is 2.33. The second-order valence-corrected chi connectivity index (χ2v) is 4.78. The Kier molecular flexibility index (Phi) is 4.62. The third-order valence-corrected chi connectivity index (χ3v) is 2.93. The van der Waals surface area contributed by atoms with Crippen LogP contribution in [0.25, 0.3) is 0 Å². The summed E-state index contributed by atoms with van der Waals surface area (Å²) in [6, 6.07) is -2.36. The molecule has 0 radical (unpaired) electrons. The number of nitrogens with two attached hydrogens (primary N) is 1. The van der Waals surface area contributed by atoms with Gasteiger partial charge in [0, 0.05) is 12.6 Å². The first-order valence-corrected chi connectivity index (χ1v) is 5.92. The highest BCUT2D eigenvalue weighted by atomic mass is 19.4. The molecule has 0 saturated heterocycles. The van der Waals surface area contributed by atoms with Gasteiger partial charge in [-0.05, 0) is 38.6 Å². The normalized spacial score (nSPS) is 21.2. The Hall–Kier alpha value is -0.290. The van der Waals surface area contributed by atoms with Crippen LogP contribution in [0.3, 0.4) is 0 Å². The average molecular weight is 238 g/mol. The maximum absolute atomic E-state index is 12.9. The predicted molar refractivity (Wildman–Crippen MR) is 58.1 cm³/mol. The fraction of sp³-hybridized carbons (Fsp3) is 1.00. The van der Waals surface area contributed by atoms with Crippen LogP contribution in [0.2, 0.25) is 0 Å². The smallest absolute Gasteiger partial charge is 0.326 e.